The van der Waals surface area contributed by atoms with Gasteiger partial charge in [0.2, 0.25) is 10.0 Å². The maximum Gasteiger partial charge on any atom is 0.209 e. The topological polar surface area (TPSA) is 102 Å². The SMILES string of the molecule is Cc1cc(CNC2CCc3onc(CNS(C)(=O)=O)c3C2)n(C)n1. The molecule has 1 aliphatic carbocycles. The molecule has 2 aromatic heterocycles. The first-order chi connectivity index (χ1) is 11.3. The van der Waals surface area contributed by atoms with E-state index in [0.717, 1.165) is 54.8 Å². The highest BCUT2D eigenvalue weighted by Gasteiger charge is 2.25. The fourth-order valence-electron chi connectivity index (χ4n) is 3.05. The number of nitrogens with zero attached hydrogens (tertiary/aromatic N) is 3. The Morgan fingerprint density at radius 1 is 1.42 bits per heavy atom. The molecule has 0 radical (unpaired) electrons. The zero-order valence-electron chi connectivity index (χ0n) is 14.2. The number of nitrogens with one attached hydrogen (secondary N) is 2. The lowest BCUT2D eigenvalue weighted by Crippen LogP contribution is -2.35. The molecule has 0 saturated carbocycles. The summed E-state index contributed by atoms with van der Waals surface area (Å²) in [6.45, 7) is 2.90. The predicted molar refractivity (Wildman–Crippen MR) is 88.8 cm³/mol. The average molecular weight is 353 g/mol. The number of aryl methyl sites for hydroxylation is 3. The van der Waals surface area contributed by atoms with E-state index in [1.54, 1.807) is 0 Å². The Morgan fingerprint density at radius 2 is 2.21 bits per heavy atom. The number of aromatic nitrogens is 3. The molecular formula is C15H23N5O3S. The molecule has 0 spiro atoms. The average Bonchev–Trinajstić information content (AvgIpc) is 3.04. The molecule has 132 valence electrons. The van der Waals surface area contributed by atoms with E-state index >= 15 is 0 Å². The second kappa shape index (κ2) is 6.66. The van der Waals surface area contributed by atoms with Crippen molar-refractivity contribution < 1.29 is 12.9 Å². The largest absolute Gasteiger partial charge is 0.361 e. The van der Waals surface area contributed by atoms with Crippen LogP contribution in [0.1, 0.15) is 34.8 Å². The van der Waals surface area contributed by atoms with E-state index in [0.29, 0.717) is 11.7 Å². The van der Waals surface area contributed by atoms with Crippen molar-refractivity contribution in [3.8, 4) is 0 Å². The summed E-state index contributed by atoms with van der Waals surface area (Å²) in [5.74, 6) is 0.870. The first-order valence-electron chi connectivity index (χ1n) is 7.95. The van der Waals surface area contributed by atoms with Crippen LogP contribution < -0.4 is 10.0 Å². The number of sulfonamides is 1. The molecule has 0 aliphatic heterocycles. The third-order valence-electron chi connectivity index (χ3n) is 4.29. The standard InChI is InChI=1S/C15H23N5O3S/c1-10-6-12(20(2)18-10)8-16-11-4-5-15-13(7-11)14(19-23-15)9-17-24(3,21)22/h6,11,16-17H,4-5,7-9H2,1-3H3. The van der Waals surface area contributed by atoms with Crippen LogP contribution in [0.2, 0.25) is 0 Å². The highest BCUT2D eigenvalue weighted by Crippen LogP contribution is 2.25. The molecule has 0 amide bonds. The van der Waals surface area contributed by atoms with Crippen LogP contribution in [0.15, 0.2) is 10.6 Å². The zero-order valence-corrected chi connectivity index (χ0v) is 15.0. The van der Waals surface area contributed by atoms with E-state index in [1.807, 2.05) is 18.7 Å². The summed E-state index contributed by atoms with van der Waals surface area (Å²) in [6, 6.07) is 2.38. The van der Waals surface area contributed by atoms with Crippen molar-refractivity contribution in [2.75, 3.05) is 6.26 Å². The first-order valence-corrected chi connectivity index (χ1v) is 9.85. The van der Waals surface area contributed by atoms with Gasteiger partial charge in [-0.05, 0) is 25.8 Å². The Balaban J connectivity index is 1.63. The lowest BCUT2D eigenvalue weighted by Gasteiger charge is -2.22. The summed E-state index contributed by atoms with van der Waals surface area (Å²) in [5.41, 5.74) is 3.85. The molecule has 0 aromatic carbocycles. The van der Waals surface area contributed by atoms with Gasteiger partial charge in [-0.3, -0.25) is 4.68 Å². The summed E-state index contributed by atoms with van der Waals surface area (Å²) in [7, 11) is -1.30. The molecule has 3 rings (SSSR count). The molecule has 0 bridgehead atoms. The third kappa shape index (κ3) is 4.03. The normalized spacial score (nSPS) is 17.9. The highest BCUT2D eigenvalue weighted by molar-refractivity contribution is 7.88. The summed E-state index contributed by atoms with van der Waals surface area (Å²) in [5, 5.41) is 11.9. The van der Waals surface area contributed by atoms with Gasteiger partial charge in [0.1, 0.15) is 11.5 Å². The van der Waals surface area contributed by atoms with Gasteiger partial charge in [0, 0.05) is 31.6 Å². The minimum absolute atomic E-state index is 0.172. The molecule has 2 heterocycles. The van der Waals surface area contributed by atoms with Gasteiger partial charge in [-0.1, -0.05) is 5.16 Å². The molecule has 1 atom stereocenters. The van der Waals surface area contributed by atoms with Crippen LogP contribution in [0.25, 0.3) is 0 Å². The van der Waals surface area contributed by atoms with E-state index in [9.17, 15) is 8.42 Å². The summed E-state index contributed by atoms with van der Waals surface area (Å²) >= 11 is 0. The predicted octanol–water partition coefficient (Wildman–Crippen LogP) is 0.413. The van der Waals surface area contributed by atoms with Crippen molar-refractivity contribution in [2.45, 2.75) is 45.3 Å². The first kappa shape index (κ1) is 17.1. The van der Waals surface area contributed by atoms with Crippen LogP contribution in [0.4, 0.5) is 0 Å². The molecule has 0 saturated heterocycles. The van der Waals surface area contributed by atoms with Crippen molar-refractivity contribution in [3.63, 3.8) is 0 Å². The van der Waals surface area contributed by atoms with Gasteiger partial charge < -0.3 is 9.84 Å². The second-order valence-corrected chi connectivity index (χ2v) is 8.18. The van der Waals surface area contributed by atoms with Crippen molar-refractivity contribution in [2.24, 2.45) is 7.05 Å². The Labute approximate surface area is 141 Å². The Hall–Kier alpha value is -1.71. The zero-order chi connectivity index (χ0) is 17.3. The van der Waals surface area contributed by atoms with Gasteiger partial charge in [-0.15, -0.1) is 0 Å². The molecule has 0 fully saturated rings. The third-order valence-corrected chi connectivity index (χ3v) is 4.96. The van der Waals surface area contributed by atoms with E-state index in [4.69, 9.17) is 4.52 Å². The van der Waals surface area contributed by atoms with E-state index < -0.39 is 10.0 Å². The van der Waals surface area contributed by atoms with Gasteiger partial charge in [-0.2, -0.15) is 5.10 Å². The molecule has 9 heteroatoms. The molecule has 1 unspecified atom stereocenters. The van der Waals surface area contributed by atoms with Crippen LogP contribution >= 0.6 is 0 Å². The fourth-order valence-corrected chi connectivity index (χ4v) is 3.45. The Kier molecular flexibility index (Phi) is 4.75. The Bertz CT molecular complexity index is 824. The summed E-state index contributed by atoms with van der Waals surface area (Å²) < 4.78 is 32.2. The van der Waals surface area contributed by atoms with Crippen LogP contribution in [0, 0.1) is 6.92 Å². The fraction of sp³-hybridized carbons (Fsp3) is 0.600. The monoisotopic (exact) mass is 353 g/mol. The van der Waals surface area contributed by atoms with Crippen molar-refractivity contribution in [3.05, 3.63) is 34.5 Å². The molecule has 2 N–H and O–H groups in total. The van der Waals surface area contributed by atoms with Gasteiger partial charge in [0.15, 0.2) is 0 Å². The van der Waals surface area contributed by atoms with Crippen molar-refractivity contribution >= 4 is 10.0 Å². The molecule has 8 nitrogen and oxygen atoms in total. The quantitative estimate of drug-likeness (QED) is 0.780. The van der Waals surface area contributed by atoms with Crippen molar-refractivity contribution in [1.82, 2.24) is 25.0 Å². The van der Waals surface area contributed by atoms with Gasteiger partial charge in [0.05, 0.1) is 24.2 Å². The van der Waals surface area contributed by atoms with Gasteiger partial charge >= 0.3 is 0 Å². The minimum Gasteiger partial charge on any atom is -0.361 e. The lowest BCUT2D eigenvalue weighted by atomic mass is 9.92. The number of hydrogen-bond acceptors (Lipinski definition) is 6. The van der Waals surface area contributed by atoms with Gasteiger partial charge in [0.25, 0.3) is 0 Å². The maximum absolute atomic E-state index is 11.3. The van der Waals surface area contributed by atoms with Crippen LogP contribution in [-0.2, 0) is 43.0 Å². The maximum atomic E-state index is 11.3. The smallest absolute Gasteiger partial charge is 0.209 e. The molecular weight excluding hydrogens is 330 g/mol. The molecule has 2 aromatic rings. The minimum atomic E-state index is -3.25. The highest BCUT2D eigenvalue weighted by atomic mass is 32.2. The van der Waals surface area contributed by atoms with E-state index in [2.05, 4.69) is 26.4 Å². The lowest BCUT2D eigenvalue weighted by molar-refractivity contribution is 0.350. The van der Waals surface area contributed by atoms with E-state index in [-0.39, 0.29) is 6.54 Å². The molecule has 1 aliphatic rings. The summed E-state index contributed by atoms with van der Waals surface area (Å²) in [4.78, 5) is 0. The van der Waals surface area contributed by atoms with Crippen molar-refractivity contribution in [1.29, 1.82) is 0 Å². The number of rotatable bonds is 6. The summed E-state index contributed by atoms with van der Waals surface area (Å²) in [6.07, 6.45) is 3.71. The van der Waals surface area contributed by atoms with Crippen LogP contribution in [-0.4, -0.2) is 35.7 Å². The second-order valence-electron chi connectivity index (χ2n) is 6.35. The van der Waals surface area contributed by atoms with Gasteiger partial charge in [-0.25, -0.2) is 13.1 Å². The number of hydrogen-bond donors (Lipinski definition) is 2. The van der Waals surface area contributed by atoms with Crippen LogP contribution in [0.3, 0.4) is 0 Å². The molecule has 24 heavy (non-hydrogen) atoms. The number of fused-ring (bicyclic) bond motifs is 1. The Morgan fingerprint density at radius 3 is 2.88 bits per heavy atom. The van der Waals surface area contributed by atoms with E-state index in [1.165, 1.54) is 0 Å². The van der Waals surface area contributed by atoms with Crippen LogP contribution in [0.5, 0.6) is 0 Å².